The van der Waals surface area contributed by atoms with E-state index in [1.807, 2.05) is 19.1 Å². The number of rotatable bonds is 5. The van der Waals surface area contributed by atoms with Gasteiger partial charge in [0.05, 0.1) is 11.3 Å². The number of furan rings is 1. The van der Waals surface area contributed by atoms with E-state index in [9.17, 15) is 14.4 Å². The quantitative estimate of drug-likeness (QED) is 0.345. The number of aromatic carboxylic acids is 1. The monoisotopic (exact) mass is 460 g/mol. The smallest absolute Gasteiger partial charge is 0.335 e. The lowest BCUT2D eigenvalue weighted by Crippen LogP contribution is -2.54. The van der Waals surface area contributed by atoms with Crippen LogP contribution in [0.5, 0.6) is 0 Å². The molecule has 1 fully saturated rings. The molecule has 1 aliphatic heterocycles. The molecule has 0 aliphatic carbocycles. The van der Waals surface area contributed by atoms with Gasteiger partial charge in [0.1, 0.15) is 17.1 Å². The minimum absolute atomic E-state index is 0.0761. The lowest BCUT2D eigenvalue weighted by molar-refractivity contribution is -0.127. The molecule has 4 rings (SSSR count). The SMILES string of the molecule is CCc1ccc(N2C(=O)/C(=C/c3ccc(-c4ccc(C(=O)O)cc4)o3)C(=O)N(C)C2=S)cc1. The van der Waals surface area contributed by atoms with Crippen LogP contribution in [0.4, 0.5) is 5.69 Å². The predicted molar refractivity (Wildman–Crippen MR) is 128 cm³/mol. The van der Waals surface area contributed by atoms with Crippen molar-refractivity contribution in [1.29, 1.82) is 0 Å². The number of thiocarbonyl (C=S) groups is 1. The number of likely N-dealkylation sites (N-methyl/N-ethyl adjacent to an activating group) is 1. The maximum Gasteiger partial charge on any atom is 0.335 e. The number of aryl methyl sites for hydroxylation is 1. The number of amides is 2. The summed E-state index contributed by atoms with van der Waals surface area (Å²) in [4.78, 5) is 39.7. The van der Waals surface area contributed by atoms with Crippen LogP contribution in [0.2, 0.25) is 0 Å². The van der Waals surface area contributed by atoms with E-state index >= 15 is 0 Å². The Labute approximate surface area is 195 Å². The van der Waals surface area contributed by atoms with E-state index in [2.05, 4.69) is 0 Å². The molecule has 0 unspecified atom stereocenters. The van der Waals surface area contributed by atoms with E-state index < -0.39 is 17.8 Å². The third-order valence-electron chi connectivity index (χ3n) is 5.38. The summed E-state index contributed by atoms with van der Waals surface area (Å²) in [6.07, 6.45) is 2.26. The first-order valence-electron chi connectivity index (χ1n) is 10.2. The number of carboxylic acid groups (broad SMARTS) is 1. The molecule has 0 bridgehead atoms. The van der Waals surface area contributed by atoms with Gasteiger partial charge in [-0.1, -0.05) is 31.2 Å². The molecule has 2 heterocycles. The highest BCUT2D eigenvalue weighted by atomic mass is 32.1. The summed E-state index contributed by atoms with van der Waals surface area (Å²) in [6, 6.07) is 17.0. The van der Waals surface area contributed by atoms with E-state index in [1.165, 1.54) is 35.1 Å². The predicted octanol–water partition coefficient (Wildman–Crippen LogP) is 4.38. The molecule has 0 saturated carbocycles. The third-order valence-corrected chi connectivity index (χ3v) is 5.84. The maximum atomic E-state index is 13.3. The van der Waals surface area contributed by atoms with Gasteiger partial charge in [-0.15, -0.1) is 0 Å². The van der Waals surface area contributed by atoms with Gasteiger partial charge in [-0.05, 0) is 66.7 Å². The fourth-order valence-electron chi connectivity index (χ4n) is 3.45. The third kappa shape index (κ3) is 4.20. The molecule has 1 saturated heterocycles. The molecule has 0 atom stereocenters. The first-order chi connectivity index (χ1) is 15.8. The van der Waals surface area contributed by atoms with Crippen LogP contribution in [0.1, 0.15) is 28.6 Å². The molecule has 2 aromatic carbocycles. The summed E-state index contributed by atoms with van der Waals surface area (Å²) < 4.78 is 5.80. The van der Waals surface area contributed by atoms with Gasteiger partial charge in [0.25, 0.3) is 11.8 Å². The highest BCUT2D eigenvalue weighted by Gasteiger charge is 2.38. The molecule has 3 aromatic rings. The van der Waals surface area contributed by atoms with Crippen molar-refractivity contribution < 1.29 is 23.9 Å². The van der Waals surface area contributed by atoms with Crippen LogP contribution in [-0.4, -0.2) is 40.0 Å². The number of carbonyl (C=O) groups is 3. The molecular weight excluding hydrogens is 440 g/mol. The molecule has 8 heteroatoms. The number of benzene rings is 2. The molecule has 7 nitrogen and oxygen atoms in total. The van der Waals surface area contributed by atoms with Gasteiger partial charge in [0.2, 0.25) is 0 Å². The van der Waals surface area contributed by atoms with E-state index in [0.717, 1.165) is 12.0 Å². The number of carbonyl (C=O) groups excluding carboxylic acids is 2. The fourth-order valence-corrected chi connectivity index (χ4v) is 3.72. The topological polar surface area (TPSA) is 91.1 Å². The molecule has 2 amide bonds. The number of nitrogens with zero attached hydrogens (tertiary/aromatic N) is 2. The zero-order valence-corrected chi connectivity index (χ0v) is 18.8. The standard InChI is InChI=1S/C25H20N2O5S/c1-3-15-4-10-18(11-5-15)27-23(29)20(22(28)26(2)25(27)33)14-19-12-13-21(32-19)16-6-8-17(9-7-16)24(30)31/h4-14H,3H2,1-2H3,(H,30,31)/b20-14+. The Hall–Kier alpha value is -4.04. The second kappa shape index (κ2) is 8.84. The molecular formula is C25H20N2O5S. The molecule has 166 valence electrons. The van der Waals surface area contributed by atoms with Gasteiger partial charge in [0, 0.05) is 12.6 Å². The van der Waals surface area contributed by atoms with Crippen LogP contribution in [0.25, 0.3) is 17.4 Å². The zero-order valence-electron chi connectivity index (χ0n) is 17.9. The normalized spacial score (nSPS) is 15.5. The van der Waals surface area contributed by atoms with Crippen molar-refractivity contribution in [3.8, 4) is 11.3 Å². The van der Waals surface area contributed by atoms with Gasteiger partial charge < -0.3 is 9.52 Å². The Kier molecular flexibility index (Phi) is 5.93. The summed E-state index contributed by atoms with van der Waals surface area (Å²) in [6.45, 7) is 2.04. The van der Waals surface area contributed by atoms with Crippen LogP contribution >= 0.6 is 12.2 Å². The summed E-state index contributed by atoms with van der Waals surface area (Å²) in [5.41, 5.74) is 2.45. The first-order valence-corrected chi connectivity index (χ1v) is 10.6. The zero-order chi connectivity index (χ0) is 23.7. The summed E-state index contributed by atoms with van der Waals surface area (Å²) in [5, 5.41) is 9.14. The molecule has 0 spiro atoms. The Balaban J connectivity index is 1.66. The lowest BCUT2D eigenvalue weighted by Gasteiger charge is -2.34. The van der Waals surface area contributed by atoms with Gasteiger partial charge in [-0.25, -0.2) is 4.79 Å². The Bertz CT molecular complexity index is 1290. The van der Waals surface area contributed by atoms with Gasteiger partial charge in [-0.3, -0.25) is 19.4 Å². The van der Waals surface area contributed by atoms with Crippen LogP contribution in [-0.2, 0) is 16.0 Å². The van der Waals surface area contributed by atoms with E-state index in [0.29, 0.717) is 22.8 Å². The van der Waals surface area contributed by atoms with Crippen LogP contribution in [0.3, 0.4) is 0 Å². The minimum atomic E-state index is -1.02. The van der Waals surface area contributed by atoms with Crippen molar-refractivity contribution >= 4 is 46.9 Å². The molecule has 1 aromatic heterocycles. The van der Waals surface area contributed by atoms with Crippen LogP contribution < -0.4 is 4.90 Å². The lowest BCUT2D eigenvalue weighted by atomic mass is 10.1. The van der Waals surface area contributed by atoms with Gasteiger partial charge in [0.15, 0.2) is 5.11 Å². The highest BCUT2D eigenvalue weighted by Crippen LogP contribution is 2.28. The number of hydrogen-bond donors (Lipinski definition) is 1. The average molecular weight is 461 g/mol. The maximum absolute atomic E-state index is 13.3. The highest BCUT2D eigenvalue weighted by molar-refractivity contribution is 7.80. The Morgan fingerprint density at radius 3 is 2.27 bits per heavy atom. The van der Waals surface area contributed by atoms with Crippen molar-refractivity contribution in [2.75, 3.05) is 11.9 Å². The molecule has 33 heavy (non-hydrogen) atoms. The second-order valence-corrected chi connectivity index (χ2v) is 7.81. The summed E-state index contributed by atoms with van der Waals surface area (Å²) in [7, 11) is 1.52. The van der Waals surface area contributed by atoms with Crippen LogP contribution in [0.15, 0.2) is 70.7 Å². The summed E-state index contributed by atoms with van der Waals surface area (Å²) in [5.74, 6) is -1.28. The van der Waals surface area contributed by atoms with Crippen molar-refractivity contribution in [2.45, 2.75) is 13.3 Å². The van der Waals surface area contributed by atoms with Crippen molar-refractivity contribution in [2.24, 2.45) is 0 Å². The van der Waals surface area contributed by atoms with Gasteiger partial charge in [-0.2, -0.15) is 0 Å². The molecule has 0 radical (unpaired) electrons. The van der Waals surface area contributed by atoms with Gasteiger partial charge >= 0.3 is 5.97 Å². The van der Waals surface area contributed by atoms with Crippen LogP contribution in [0, 0.1) is 0 Å². The second-order valence-electron chi connectivity index (χ2n) is 7.45. The van der Waals surface area contributed by atoms with Crippen molar-refractivity contribution in [3.05, 3.63) is 83.1 Å². The van der Waals surface area contributed by atoms with E-state index in [1.54, 1.807) is 36.4 Å². The number of carboxylic acids is 1. The Morgan fingerprint density at radius 2 is 1.67 bits per heavy atom. The van der Waals surface area contributed by atoms with E-state index in [-0.39, 0.29) is 16.2 Å². The molecule has 1 aliphatic rings. The van der Waals surface area contributed by atoms with E-state index in [4.69, 9.17) is 21.7 Å². The number of anilines is 1. The first kappa shape index (κ1) is 22.2. The molecule has 1 N–H and O–H groups in total. The van der Waals surface area contributed by atoms with Crippen molar-refractivity contribution in [3.63, 3.8) is 0 Å². The largest absolute Gasteiger partial charge is 0.478 e. The Morgan fingerprint density at radius 1 is 1.00 bits per heavy atom. The summed E-state index contributed by atoms with van der Waals surface area (Å²) >= 11 is 5.38. The van der Waals surface area contributed by atoms with Crippen molar-refractivity contribution in [1.82, 2.24) is 4.90 Å². The number of hydrogen-bond acceptors (Lipinski definition) is 5. The average Bonchev–Trinajstić information content (AvgIpc) is 3.30. The minimum Gasteiger partial charge on any atom is -0.478 e. The fraction of sp³-hybridized carbons (Fsp3) is 0.120.